The molecule has 2 aromatic carbocycles. The first-order valence-electron chi connectivity index (χ1n) is 9.64. The topological polar surface area (TPSA) is 23.4 Å². The molecule has 0 N–H and O–H groups in total. The quantitative estimate of drug-likeness (QED) is 0.378. The molecule has 3 aromatic rings. The van der Waals surface area contributed by atoms with Gasteiger partial charge in [0.2, 0.25) is 0 Å². The number of methoxy groups -OCH3 is 1. The molecule has 0 amide bonds. The van der Waals surface area contributed by atoms with E-state index < -0.39 is 8.32 Å². The first kappa shape index (κ1) is 21.0. The van der Waals surface area contributed by atoms with Gasteiger partial charge in [0.05, 0.1) is 18.3 Å². The van der Waals surface area contributed by atoms with Crippen molar-refractivity contribution in [3.63, 3.8) is 0 Å². The van der Waals surface area contributed by atoms with Gasteiger partial charge < -0.3 is 13.7 Å². The number of hydrogen-bond acceptors (Lipinski definition) is 2. The van der Waals surface area contributed by atoms with Crippen LogP contribution in [0.5, 0.6) is 11.5 Å². The van der Waals surface area contributed by atoms with Crippen molar-refractivity contribution in [3.8, 4) is 11.5 Å². The van der Waals surface area contributed by atoms with E-state index in [0.29, 0.717) is 0 Å². The monoisotopic (exact) mass is 459 g/mol. The molecular formula is C23H30BrNO2Si. The van der Waals surface area contributed by atoms with Gasteiger partial charge in [-0.25, -0.2) is 0 Å². The highest BCUT2D eigenvalue weighted by molar-refractivity contribution is 9.10. The molecule has 0 bridgehead atoms. The van der Waals surface area contributed by atoms with Gasteiger partial charge in [0.1, 0.15) is 11.5 Å². The molecule has 3 rings (SSSR count). The SMILES string of the molecule is COc1ccc2c(c1)c(O[Si](C)(C)C(C)(C)C)c(C)n2Cc1ccc(Br)cc1. The standard InChI is InChI=1S/C23H30BrNO2Si/c1-16-22(27-28(6,7)23(2,3)4)20-14-19(26-5)12-13-21(20)25(16)15-17-8-10-18(24)11-9-17/h8-14H,15H2,1-7H3. The predicted molar refractivity (Wildman–Crippen MR) is 124 cm³/mol. The number of aromatic nitrogens is 1. The fourth-order valence-electron chi connectivity index (χ4n) is 3.07. The van der Waals surface area contributed by atoms with E-state index in [0.717, 1.165) is 33.6 Å². The first-order valence-corrected chi connectivity index (χ1v) is 13.3. The molecule has 1 heterocycles. The molecule has 0 aliphatic rings. The number of benzene rings is 2. The van der Waals surface area contributed by atoms with Gasteiger partial charge in [0.25, 0.3) is 8.32 Å². The summed E-state index contributed by atoms with van der Waals surface area (Å²) < 4.78 is 15.7. The Kier molecular flexibility index (Phi) is 5.70. The van der Waals surface area contributed by atoms with Crippen LogP contribution in [0, 0.1) is 6.92 Å². The van der Waals surface area contributed by atoms with E-state index >= 15 is 0 Å². The number of nitrogens with zero attached hydrogens (tertiary/aromatic N) is 1. The van der Waals surface area contributed by atoms with Gasteiger partial charge in [0, 0.05) is 16.4 Å². The Balaban J connectivity index is 2.14. The van der Waals surface area contributed by atoms with Gasteiger partial charge in [0.15, 0.2) is 0 Å². The number of halogens is 1. The van der Waals surface area contributed by atoms with Crippen molar-refractivity contribution in [3.05, 3.63) is 58.2 Å². The van der Waals surface area contributed by atoms with Crippen LogP contribution in [0.3, 0.4) is 0 Å². The minimum atomic E-state index is -1.97. The third-order valence-corrected chi connectivity index (χ3v) is 10.7. The zero-order chi connectivity index (χ0) is 20.7. The maximum atomic E-state index is 6.80. The Morgan fingerprint density at radius 2 is 1.68 bits per heavy atom. The van der Waals surface area contributed by atoms with Crippen LogP contribution in [0.15, 0.2) is 46.9 Å². The van der Waals surface area contributed by atoms with Crippen molar-refractivity contribution in [2.75, 3.05) is 7.11 Å². The largest absolute Gasteiger partial charge is 0.542 e. The van der Waals surface area contributed by atoms with Crippen LogP contribution in [0.4, 0.5) is 0 Å². The van der Waals surface area contributed by atoms with Gasteiger partial charge in [-0.15, -0.1) is 0 Å². The highest BCUT2D eigenvalue weighted by atomic mass is 79.9. The second-order valence-electron chi connectivity index (χ2n) is 8.87. The zero-order valence-corrected chi connectivity index (χ0v) is 20.5. The number of ether oxygens (including phenoxy) is 1. The van der Waals surface area contributed by atoms with Gasteiger partial charge >= 0.3 is 0 Å². The summed E-state index contributed by atoms with van der Waals surface area (Å²) in [7, 11) is -0.259. The van der Waals surface area contributed by atoms with Crippen LogP contribution in [0.25, 0.3) is 10.9 Å². The fraction of sp³-hybridized carbons (Fsp3) is 0.391. The average Bonchev–Trinajstić information content (AvgIpc) is 2.87. The Hall–Kier alpha value is -1.72. The van der Waals surface area contributed by atoms with Crippen LogP contribution in [-0.2, 0) is 6.54 Å². The Morgan fingerprint density at radius 1 is 1.04 bits per heavy atom. The zero-order valence-electron chi connectivity index (χ0n) is 17.9. The second kappa shape index (κ2) is 7.60. The minimum Gasteiger partial charge on any atom is -0.542 e. The number of hydrogen-bond donors (Lipinski definition) is 0. The molecule has 0 atom stereocenters. The third-order valence-electron chi connectivity index (χ3n) is 5.89. The maximum Gasteiger partial charge on any atom is 0.250 e. The van der Waals surface area contributed by atoms with Crippen molar-refractivity contribution in [1.29, 1.82) is 0 Å². The molecule has 5 heteroatoms. The summed E-state index contributed by atoms with van der Waals surface area (Å²) in [6.45, 7) is 14.4. The lowest BCUT2D eigenvalue weighted by molar-refractivity contribution is 0.415. The minimum absolute atomic E-state index is 0.137. The van der Waals surface area contributed by atoms with Crippen molar-refractivity contribution in [2.24, 2.45) is 0 Å². The molecule has 0 unspecified atom stereocenters. The van der Waals surface area contributed by atoms with E-state index in [1.807, 2.05) is 6.07 Å². The average molecular weight is 460 g/mol. The molecule has 1 aromatic heterocycles. The smallest absolute Gasteiger partial charge is 0.250 e. The Morgan fingerprint density at radius 3 is 2.25 bits per heavy atom. The summed E-state index contributed by atoms with van der Waals surface area (Å²) in [5.41, 5.74) is 3.60. The summed E-state index contributed by atoms with van der Waals surface area (Å²) in [6, 6.07) is 14.8. The first-order chi connectivity index (χ1) is 13.0. The molecular weight excluding hydrogens is 430 g/mol. The van der Waals surface area contributed by atoms with Crippen LogP contribution in [-0.4, -0.2) is 20.0 Å². The van der Waals surface area contributed by atoms with Gasteiger partial charge in [-0.1, -0.05) is 48.8 Å². The molecule has 0 spiro atoms. The molecule has 3 nitrogen and oxygen atoms in total. The van der Waals surface area contributed by atoms with E-state index in [-0.39, 0.29) is 5.04 Å². The van der Waals surface area contributed by atoms with Crippen LogP contribution in [0.1, 0.15) is 32.0 Å². The summed E-state index contributed by atoms with van der Waals surface area (Å²) in [5, 5.41) is 1.26. The van der Waals surface area contributed by atoms with Gasteiger partial charge in [-0.05, 0) is 61.0 Å². The lowest BCUT2D eigenvalue weighted by Gasteiger charge is -2.36. The van der Waals surface area contributed by atoms with E-state index in [1.165, 1.54) is 11.1 Å². The number of rotatable bonds is 5. The highest BCUT2D eigenvalue weighted by Crippen LogP contribution is 2.42. The van der Waals surface area contributed by atoms with E-state index in [9.17, 15) is 0 Å². The maximum absolute atomic E-state index is 6.80. The molecule has 0 fully saturated rings. The summed E-state index contributed by atoms with van der Waals surface area (Å²) >= 11 is 3.52. The van der Waals surface area contributed by atoms with Crippen molar-refractivity contribution >= 4 is 35.2 Å². The van der Waals surface area contributed by atoms with E-state index in [4.69, 9.17) is 9.16 Å². The van der Waals surface area contributed by atoms with Crippen LogP contribution in [0.2, 0.25) is 18.1 Å². The van der Waals surface area contributed by atoms with E-state index in [1.54, 1.807) is 7.11 Å². The van der Waals surface area contributed by atoms with Crippen LogP contribution >= 0.6 is 15.9 Å². The Bertz CT molecular complexity index is 984. The van der Waals surface area contributed by atoms with Crippen molar-refractivity contribution in [1.82, 2.24) is 4.57 Å². The third kappa shape index (κ3) is 4.01. The summed E-state index contributed by atoms with van der Waals surface area (Å²) in [4.78, 5) is 0. The van der Waals surface area contributed by atoms with Gasteiger partial charge in [-0.3, -0.25) is 0 Å². The molecule has 0 saturated carbocycles. The predicted octanol–water partition coefficient (Wildman–Crippen LogP) is 7.15. The van der Waals surface area contributed by atoms with E-state index in [2.05, 4.69) is 97.7 Å². The summed E-state index contributed by atoms with van der Waals surface area (Å²) in [5.74, 6) is 1.85. The molecule has 28 heavy (non-hydrogen) atoms. The fourth-order valence-corrected chi connectivity index (χ4v) is 4.41. The second-order valence-corrected chi connectivity index (χ2v) is 14.5. The molecule has 0 saturated heterocycles. The van der Waals surface area contributed by atoms with Crippen molar-refractivity contribution in [2.45, 2.75) is 52.4 Å². The normalized spacial score (nSPS) is 12.4. The van der Waals surface area contributed by atoms with Gasteiger partial charge in [-0.2, -0.15) is 0 Å². The highest BCUT2D eigenvalue weighted by Gasteiger charge is 2.40. The Labute approximate surface area is 177 Å². The molecule has 150 valence electrons. The molecule has 0 radical (unpaired) electrons. The lowest BCUT2D eigenvalue weighted by Crippen LogP contribution is -2.44. The lowest BCUT2D eigenvalue weighted by atomic mass is 10.2. The molecule has 0 aliphatic heterocycles. The summed E-state index contributed by atoms with van der Waals surface area (Å²) in [6.07, 6.45) is 0. The van der Waals surface area contributed by atoms with Crippen molar-refractivity contribution < 1.29 is 9.16 Å². The molecule has 0 aliphatic carbocycles. The van der Waals surface area contributed by atoms with Crippen LogP contribution < -0.4 is 9.16 Å². The number of fused-ring (bicyclic) bond motifs is 1.